The molecule has 0 atom stereocenters. The maximum Gasteiger partial charge on any atom is 0.142 e. The lowest BCUT2D eigenvalue weighted by atomic mass is 10.1. The van der Waals surface area contributed by atoms with Crippen LogP contribution in [0.25, 0.3) is 0 Å². The third-order valence-electron chi connectivity index (χ3n) is 2.17. The molecule has 74 valence electrons. The molecule has 0 radical (unpaired) electrons. The Morgan fingerprint density at radius 2 is 2.00 bits per heavy atom. The maximum absolute atomic E-state index is 8.46. The molecule has 0 saturated heterocycles. The molecule has 0 aliphatic rings. The molecule has 0 unspecified atom stereocenters. The Balaban J connectivity index is 3.02. The van der Waals surface area contributed by atoms with Gasteiger partial charge in [-0.05, 0) is 37.1 Å². The Hall–Kier alpha value is -1.69. The fourth-order valence-corrected chi connectivity index (χ4v) is 1.23. The normalized spacial score (nSPS) is 9.29. The molecule has 14 heavy (non-hydrogen) atoms. The van der Waals surface area contributed by atoms with Crippen molar-refractivity contribution in [1.29, 1.82) is 5.26 Å². The van der Waals surface area contributed by atoms with E-state index in [1.807, 2.05) is 32.0 Å². The van der Waals surface area contributed by atoms with Gasteiger partial charge < -0.3 is 10.1 Å². The van der Waals surface area contributed by atoms with Crippen molar-refractivity contribution in [2.24, 2.45) is 0 Å². The summed E-state index contributed by atoms with van der Waals surface area (Å²) in [6.07, 6.45) is 0. The number of methoxy groups -OCH3 is 1. The zero-order valence-electron chi connectivity index (χ0n) is 8.72. The summed E-state index contributed by atoms with van der Waals surface area (Å²) in [5, 5.41) is 11.5. The first-order valence-corrected chi connectivity index (χ1v) is 4.45. The van der Waals surface area contributed by atoms with E-state index in [1.54, 1.807) is 7.11 Å². The van der Waals surface area contributed by atoms with Gasteiger partial charge in [0.1, 0.15) is 12.3 Å². The highest BCUT2D eigenvalue weighted by Crippen LogP contribution is 2.27. The van der Waals surface area contributed by atoms with Gasteiger partial charge in [-0.25, -0.2) is 0 Å². The maximum atomic E-state index is 8.46. The van der Waals surface area contributed by atoms with Crippen molar-refractivity contribution in [2.45, 2.75) is 13.8 Å². The van der Waals surface area contributed by atoms with Crippen LogP contribution < -0.4 is 10.1 Å². The Labute approximate surface area is 84.3 Å². The number of anilines is 1. The number of aryl methyl sites for hydroxylation is 2. The van der Waals surface area contributed by atoms with E-state index in [-0.39, 0.29) is 0 Å². The second-order valence-electron chi connectivity index (χ2n) is 3.15. The van der Waals surface area contributed by atoms with Crippen molar-refractivity contribution >= 4 is 5.69 Å². The molecule has 0 saturated carbocycles. The van der Waals surface area contributed by atoms with Gasteiger partial charge in [-0.1, -0.05) is 0 Å². The lowest BCUT2D eigenvalue weighted by Gasteiger charge is -2.11. The highest BCUT2D eigenvalue weighted by atomic mass is 16.5. The number of ether oxygens (including phenoxy) is 1. The van der Waals surface area contributed by atoms with Crippen LogP contribution in [0.4, 0.5) is 5.69 Å². The lowest BCUT2D eigenvalue weighted by Crippen LogP contribution is -2.01. The Kier molecular flexibility index (Phi) is 3.35. The molecule has 1 rings (SSSR count). The molecule has 0 fully saturated rings. The number of benzene rings is 1. The molecule has 1 N–H and O–H groups in total. The standard InChI is InChI=1S/C11H14N2O/c1-8-6-10(13-5-4-12)11(14-3)7-9(8)2/h6-7,13H,5H2,1-3H3. The van der Waals surface area contributed by atoms with Gasteiger partial charge in [-0.15, -0.1) is 0 Å². The quantitative estimate of drug-likeness (QED) is 0.743. The molecule has 0 heterocycles. The van der Waals surface area contributed by atoms with Gasteiger partial charge in [-0.2, -0.15) is 5.26 Å². The highest BCUT2D eigenvalue weighted by molar-refractivity contribution is 5.60. The van der Waals surface area contributed by atoms with Crippen molar-refractivity contribution in [3.8, 4) is 11.8 Å². The third-order valence-corrected chi connectivity index (χ3v) is 2.17. The second kappa shape index (κ2) is 4.52. The topological polar surface area (TPSA) is 45.0 Å². The largest absolute Gasteiger partial charge is 0.495 e. The monoisotopic (exact) mass is 190 g/mol. The summed E-state index contributed by atoms with van der Waals surface area (Å²) in [7, 11) is 1.63. The zero-order valence-corrected chi connectivity index (χ0v) is 8.72. The summed E-state index contributed by atoms with van der Waals surface area (Å²) in [4.78, 5) is 0. The van der Waals surface area contributed by atoms with Crippen LogP contribution in [0.5, 0.6) is 5.75 Å². The molecule has 0 aromatic heterocycles. The summed E-state index contributed by atoms with van der Waals surface area (Å²) >= 11 is 0. The van der Waals surface area contributed by atoms with Crippen molar-refractivity contribution in [1.82, 2.24) is 0 Å². The van der Waals surface area contributed by atoms with Crippen LogP contribution in [0.1, 0.15) is 11.1 Å². The molecule has 0 spiro atoms. The summed E-state index contributed by atoms with van der Waals surface area (Å²) < 4.78 is 5.21. The number of nitriles is 1. The minimum atomic E-state index is 0.291. The van der Waals surface area contributed by atoms with Crippen LogP contribution in [0.2, 0.25) is 0 Å². The average Bonchev–Trinajstić information content (AvgIpc) is 2.19. The van der Waals surface area contributed by atoms with E-state index in [2.05, 4.69) is 5.32 Å². The number of rotatable bonds is 3. The van der Waals surface area contributed by atoms with Crippen molar-refractivity contribution in [3.63, 3.8) is 0 Å². The first-order chi connectivity index (χ1) is 6.69. The summed E-state index contributed by atoms with van der Waals surface area (Å²) in [5.74, 6) is 0.781. The van der Waals surface area contributed by atoms with Gasteiger partial charge in [0.2, 0.25) is 0 Å². The van der Waals surface area contributed by atoms with Gasteiger partial charge in [0.05, 0.1) is 18.9 Å². The second-order valence-corrected chi connectivity index (χ2v) is 3.15. The number of hydrogen-bond donors (Lipinski definition) is 1. The molecule has 0 aliphatic carbocycles. The van der Waals surface area contributed by atoms with Crippen molar-refractivity contribution in [2.75, 3.05) is 19.0 Å². The van der Waals surface area contributed by atoms with E-state index < -0.39 is 0 Å². The first-order valence-electron chi connectivity index (χ1n) is 4.45. The third kappa shape index (κ3) is 2.17. The molecule has 0 amide bonds. The van der Waals surface area contributed by atoms with Crippen molar-refractivity contribution < 1.29 is 4.74 Å². The number of hydrogen-bond acceptors (Lipinski definition) is 3. The zero-order chi connectivity index (χ0) is 10.6. The van der Waals surface area contributed by atoms with Crippen LogP contribution in [0.15, 0.2) is 12.1 Å². The predicted molar refractivity (Wildman–Crippen MR) is 56.6 cm³/mol. The van der Waals surface area contributed by atoms with Gasteiger partial charge in [-0.3, -0.25) is 0 Å². The minimum Gasteiger partial charge on any atom is -0.495 e. The smallest absolute Gasteiger partial charge is 0.142 e. The highest BCUT2D eigenvalue weighted by Gasteiger charge is 2.04. The van der Waals surface area contributed by atoms with Gasteiger partial charge >= 0.3 is 0 Å². The fourth-order valence-electron chi connectivity index (χ4n) is 1.23. The van der Waals surface area contributed by atoms with E-state index in [4.69, 9.17) is 10.00 Å². The van der Waals surface area contributed by atoms with E-state index in [0.29, 0.717) is 6.54 Å². The molecule has 1 aromatic carbocycles. The van der Waals surface area contributed by atoms with E-state index >= 15 is 0 Å². The minimum absolute atomic E-state index is 0.291. The van der Waals surface area contributed by atoms with E-state index in [9.17, 15) is 0 Å². The van der Waals surface area contributed by atoms with Gasteiger partial charge in [0.25, 0.3) is 0 Å². The van der Waals surface area contributed by atoms with Crippen LogP contribution >= 0.6 is 0 Å². The summed E-state index contributed by atoms with van der Waals surface area (Å²) in [6, 6.07) is 5.99. The summed E-state index contributed by atoms with van der Waals surface area (Å²) in [6.45, 7) is 4.36. The van der Waals surface area contributed by atoms with Crippen LogP contribution in [0.3, 0.4) is 0 Å². The molecule has 3 nitrogen and oxygen atoms in total. The van der Waals surface area contributed by atoms with Crippen LogP contribution in [0, 0.1) is 25.2 Å². The van der Waals surface area contributed by atoms with Crippen LogP contribution in [-0.4, -0.2) is 13.7 Å². The summed E-state index contributed by atoms with van der Waals surface area (Å²) in [5.41, 5.74) is 3.24. The van der Waals surface area contributed by atoms with Gasteiger partial charge in [0.15, 0.2) is 0 Å². The predicted octanol–water partition coefficient (Wildman–Crippen LogP) is 2.25. The first kappa shape index (κ1) is 10.4. The SMILES string of the molecule is COc1cc(C)c(C)cc1NCC#N. The number of nitrogens with zero attached hydrogens (tertiary/aromatic N) is 1. The molecular weight excluding hydrogens is 176 g/mol. The van der Waals surface area contributed by atoms with E-state index in [0.717, 1.165) is 11.4 Å². The van der Waals surface area contributed by atoms with Gasteiger partial charge in [0, 0.05) is 0 Å². The molecule has 0 aliphatic heterocycles. The Bertz CT molecular complexity index is 366. The Morgan fingerprint density at radius 3 is 2.57 bits per heavy atom. The molecule has 3 heteroatoms. The lowest BCUT2D eigenvalue weighted by molar-refractivity contribution is 0.416. The van der Waals surface area contributed by atoms with Crippen molar-refractivity contribution in [3.05, 3.63) is 23.3 Å². The van der Waals surface area contributed by atoms with E-state index in [1.165, 1.54) is 11.1 Å². The fraction of sp³-hybridized carbons (Fsp3) is 0.364. The number of nitrogens with one attached hydrogen (secondary N) is 1. The molecule has 0 bridgehead atoms. The average molecular weight is 190 g/mol. The van der Waals surface area contributed by atoms with Crippen LogP contribution in [-0.2, 0) is 0 Å². The molecular formula is C11H14N2O. The molecule has 1 aromatic rings. The Morgan fingerprint density at radius 1 is 1.36 bits per heavy atom.